The largest absolute Gasteiger partial charge is 0.348 e. The minimum atomic E-state index is -0.406. The Morgan fingerprint density at radius 3 is 2.50 bits per heavy atom. The number of rotatable bonds is 3. The second-order valence-corrected chi connectivity index (χ2v) is 5.21. The summed E-state index contributed by atoms with van der Waals surface area (Å²) in [4.78, 5) is 19.2. The van der Waals surface area contributed by atoms with Crippen LogP contribution in [-0.2, 0) is 0 Å². The summed E-state index contributed by atoms with van der Waals surface area (Å²) in [5.74, 6) is 6.14. The molecule has 1 fully saturated rings. The van der Waals surface area contributed by atoms with E-state index >= 15 is 0 Å². The first-order chi connectivity index (χ1) is 9.43. The van der Waals surface area contributed by atoms with Crippen molar-refractivity contribution in [2.24, 2.45) is 5.84 Å². The number of hydrazine groups is 1. The highest BCUT2D eigenvalue weighted by Crippen LogP contribution is 2.30. The van der Waals surface area contributed by atoms with Gasteiger partial charge in [-0.3, -0.25) is 15.0 Å². The molecule has 110 valence electrons. The first-order valence-electron chi connectivity index (χ1n) is 6.53. The molecule has 2 atom stereocenters. The van der Waals surface area contributed by atoms with Crippen LogP contribution in [0.2, 0.25) is 0 Å². The molecule has 8 nitrogen and oxygen atoms in total. The highest BCUT2D eigenvalue weighted by atomic mass is 16.6. The number of likely N-dealkylation sites (N-methyl/N-ethyl adjacent to an activating group) is 1. The molecule has 0 radical (unpaired) electrons. The molecule has 0 bridgehead atoms. The van der Waals surface area contributed by atoms with Gasteiger partial charge in [0.05, 0.1) is 4.92 Å². The van der Waals surface area contributed by atoms with Crippen LogP contribution in [0.3, 0.4) is 0 Å². The molecular weight excluding hydrogens is 260 g/mol. The molecule has 0 amide bonds. The molecule has 1 aromatic rings. The molecule has 2 unspecified atom stereocenters. The Balaban J connectivity index is 2.37. The first kappa shape index (κ1) is 14.5. The summed E-state index contributed by atoms with van der Waals surface area (Å²) >= 11 is 0. The lowest BCUT2D eigenvalue weighted by atomic mass is 10.1. The van der Waals surface area contributed by atoms with Gasteiger partial charge in [0, 0.05) is 31.2 Å². The summed E-state index contributed by atoms with van der Waals surface area (Å²) in [7, 11) is 2.06. The van der Waals surface area contributed by atoms with Crippen molar-refractivity contribution < 1.29 is 4.92 Å². The lowest BCUT2D eigenvalue weighted by Crippen LogP contribution is -2.55. The number of piperazine rings is 1. The van der Waals surface area contributed by atoms with Crippen LogP contribution < -0.4 is 16.2 Å². The van der Waals surface area contributed by atoms with E-state index in [9.17, 15) is 10.1 Å². The van der Waals surface area contributed by atoms with Gasteiger partial charge in [-0.25, -0.2) is 10.8 Å². The molecule has 3 N–H and O–H groups in total. The lowest BCUT2D eigenvalue weighted by molar-refractivity contribution is -0.384. The van der Waals surface area contributed by atoms with Gasteiger partial charge >= 0.3 is 5.69 Å². The van der Waals surface area contributed by atoms with E-state index in [-0.39, 0.29) is 5.69 Å². The Labute approximate surface area is 117 Å². The van der Waals surface area contributed by atoms with Gasteiger partial charge in [-0.05, 0) is 27.0 Å². The molecule has 0 spiro atoms. The molecule has 1 saturated heterocycles. The fourth-order valence-corrected chi connectivity index (χ4v) is 2.47. The zero-order valence-corrected chi connectivity index (χ0v) is 11.9. The number of aromatic nitrogens is 1. The monoisotopic (exact) mass is 280 g/mol. The van der Waals surface area contributed by atoms with Crippen molar-refractivity contribution in [1.29, 1.82) is 0 Å². The lowest BCUT2D eigenvalue weighted by Gasteiger charge is -2.42. The standard InChI is InChI=1S/C12H20N6O2/c1-8-6-17(7-9(2)16(8)3)12-10(18(19)20)4-5-11(14-12)15-13/h4-5,8-9H,6-7,13H2,1-3H3,(H,14,15). The number of hydrogen-bond donors (Lipinski definition) is 2. The smallest absolute Gasteiger partial charge is 0.311 e. The topological polar surface area (TPSA) is 101 Å². The summed E-state index contributed by atoms with van der Waals surface area (Å²) in [5, 5.41) is 11.2. The first-order valence-corrected chi connectivity index (χ1v) is 6.53. The third kappa shape index (κ3) is 2.66. The van der Waals surface area contributed by atoms with Crippen LogP contribution in [-0.4, -0.2) is 47.0 Å². The van der Waals surface area contributed by atoms with Gasteiger partial charge in [-0.1, -0.05) is 0 Å². The van der Waals surface area contributed by atoms with E-state index in [1.54, 1.807) is 0 Å². The average molecular weight is 280 g/mol. The Morgan fingerprint density at radius 2 is 2.00 bits per heavy atom. The predicted octanol–water partition coefficient (Wildman–Crippen LogP) is 0.804. The Kier molecular flexibility index (Phi) is 4.05. The van der Waals surface area contributed by atoms with Crippen molar-refractivity contribution in [2.75, 3.05) is 30.5 Å². The number of nitrogen functional groups attached to an aromatic ring is 1. The molecule has 8 heteroatoms. The van der Waals surface area contributed by atoms with Gasteiger partial charge in [0.2, 0.25) is 5.82 Å². The van der Waals surface area contributed by atoms with Crippen LogP contribution in [0.1, 0.15) is 13.8 Å². The normalized spacial score (nSPS) is 23.7. The molecule has 1 aliphatic heterocycles. The van der Waals surface area contributed by atoms with Crippen molar-refractivity contribution >= 4 is 17.3 Å². The minimum absolute atomic E-state index is 0.00736. The molecule has 20 heavy (non-hydrogen) atoms. The number of nitrogens with one attached hydrogen (secondary N) is 1. The molecule has 0 saturated carbocycles. The number of nitrogens with two attached hydrogens (primary N) is 1. The van der Waals surface area contributed by atoms with Crippen LogP contribution in [0.4, 0.5) is 17.3 Å². The van der Waals surface area contributed by atoms with Crippen molar-refractivity contribution in [3.63, 3.8) is 0 Å². The van der Waals surface area contributed by atoms with E-state index < -0.39 is 4.92 Å². The van der Waals surface area contributed by atoms with Crippen LogP contribution in [0.25, 0.3) is 0 Å². The van der Waals surface area contributed by atoms with E-state index in [0.29, 0.717) is 36.8 Å². The van der Waals surface area contributed by atoms with Crippen molar-refractivity contribution in [1.82, 2.24) is 9.88 Å². The molecule has 1 aliphatic rings. The van der Waals surface area contributed by atoms with E-state index in [1.807, 2.05) is 4.90 Å². The summed E-state index contributed by atoms with van der Waals surface area (Å²) < 4.78 is 0. The number of anilines is 2. The van der Waals surface area contributed by atoms with Crippen molar-refractivity contribution in [3.05, 3.63) is 22.2 Å². The maximum atomic E-state index is 11.2. The van der Waals surface area contributed by atoms with Gasteiger partial charge in [-0.2, -0.15) is 0 Å². The fourth-order valence-electron chi connectivity index (χ4n) is 2.47. The van der Waals surface area contributed by atoms with Crippen LogP contribution in [0.15, 0.2) is 12.1 Å². The van der Waals surface area contributed by atoms with Crippen LogP contribution in [0, 0.1) is 10.1 Å². The average Bonchev–Trinajstić information content (AvgIpc) is 2.43. The molecular formula is C12H20N6O2. The predicted molar refractivity (Wildman–Crippen MR) is 77.6 cm³/mol. The quantitative estimate of drug-likeness (QED) is 0.480. The summed E-state index contributed by atoms with van der Waals surface area (Å²) in [6.45, 7) is 5.59. The summed E-state index contributed by atoms with van der Waals surface area (Å²) in [5.41, 5.74) is 2.44. The van der Waals surface area contributed by atoms with Crippen molar-refractivity contribution in [2.45, 2.75) is 25.9 Å². The van der Waals surface area contributed by atoms with E-state index in [4.69, 9.17) is 5.84 Å². The van der Waals surface area contributed by atoms with E-state index in [0.717, 1.165) is 0 Å². The minimum Gasteiger partial charge on any atom is -0.348 e. The molecule has 2 rings (SSSR count). The molecule has 1 aromatic heterocycles. The van der Waals surface area contributed by atoms with Gasteiger partial charge in [0.15, 0.2) is 0 Å². The van der Waals surface area contributed by atoms with Gasteiger partial charge in [0.1, 0.15) is 5.82 Å². The van der Waals surface area contributed by atoms with Crippen LogP contribution in [0.5, 0.6) is 0 Å². The zero-order chi connectivity index (χ0) is 14.9. The molecule has 2 heterocycles. The maximum absolute atomic E-state index is 11.2. The Morgan fingerprint density at radius 1 is 1.40 bits per heavy atom. The summed E-state index contributed by atoms with van der Waals surface area (Å²) in [6, 6.07) is 3.54. The number of nitrogens with zero attached hydrogens (tertiary/aromatic N) is 4. The second kappa shape index (κ2) is 5.59. The van der Waals surface area contributed by atoms with Crippen molar-refractivity contribution in [3.8, 4) is 0 Å². The highest BCUT2D eigenvalue weighted by Gasteiger charge is 2.31. The SMILES string of the molecule is CC1CN(c2nc(NN)ccc2[N+](=O)[O-])CC(C)N1C. The highest BCUT2D eigenvalue weighted by molar-refractivity contribution is 5.62. The second-order valence-electron chi connectivity index (χ2n) is 5.21. The third-order valence-corrected chi connectivity index (χ3v) is 3.86. The van der Waals surface area contributed by atoms with Gasteiger partial charge < -0.3 is 10.3 Å². The Hall–Kier alpha value is -1.93. The number of hydrogen-bond acceptors (Lipinski definition) is 7. The fraction of sp³-hybridized carbons (Fsp3) is 0.583. The number of nitro groups is 1. The van der Waals surface area contributed by atoms with Gasteiger partial charge in [-0.15, -0.1) is 0 Å². The molecule has 0 aromatic carbocycles. The third-order valence-electron chi connectivity index (χ3n) is 3.86. The van der Waals surface area contributed by atoms with Crippen LogP contribution >= 0.6 is 0 Å². The molecule has 0 aliphatic carbocycles. The maximum Gasteiger partial charge on any atom is 0.311 e. The van der Waals surface area contributed by atoms with E-state index in [1.165, 1.54) is 12.1 Å². The number of pyridine rings is 1. The van der Waals surface area contributed by atoms with Gasteiger partial charge in [0.25, 0.3) is 0 Å². The zero-order valence-electron chi connectivity index (χ0n) is 11.9. The summed E-state index contributed by atoms with van der Waals surface area (Å²) in [6.07, 6.45) is 0. The van der Waals surface area contributed by atoms with E-state index in [2.05, 4.69) is 36.2 Å². The Bertz CT molecular complexity index is 497.